The van der Waals surface area contributed by atoms with Crippen LogP contribution in [0.15, 0.2) is 12.7 Å². The summed E-state index contributed by atoms with van der Waals surface area (Å²) in [6.07, 6.45) is -6.99. The normalized spacial score (nSPS) is 23.3. The number of aromatic nitrogens is 4. The lowest BCUT2D eigenvalue weighted by molar-refractivity contribution is -0.247. The monoisotopic (exact) mass is 820 g/mol. The molecule has 0 aliphatic carbocycles. The summed E-state index contributed by atoms with van der Waals surface area (Å²) in [7, 11) is -17.3. The van der Waals surface area contributed by atoms with Crippen LogP contribution in [-0.2, 0) is 50.7 Å². The first kappa shape index (κ1) is 44.0. The largest absolute Gasteiger partial charge is 0.756 e. The summed E-state index contributed by atoms with van der Waals surface area (Å²) in [6, 6.07) is 0. The van der Waals surface area contributed by atoms with Gasteiger partial charge in [-0.1, -0.05) is 32.5 Å². The second-order valence-electron chi connectivity index (χ2n) is 11.6. The van der Waals surface area contributed by atoms with Crippen LogP contribution in [0.2, 0.25) is 0 Å². The Morgan fingerprint density at radius 3 is 2.44 bits per heavy atom. The number of rotatable bonds is 20. The van der Waals surface area contributed by atoms with Crippen molar-refractivity contribution in [1.82, 2.24) is 30.2 Å². The van der Waals surface area contributed by atoms with Gasteiger partial charge < -0.3 is 64.5 Å². The first-order chi connectivity index (χ1) is 24.1. The molecule has 2 aromatic rings. The molecule has 1 aliphatic rings. The second kappa shape index (κ2) is 18.3. The Morgan fingerprint density at radius 1 is 1.12 bits per heavy atom. The number of nitrogens with two attached hydrogens (primary N) is 1. The Kier molecular flexibility index (Phi) is 15.4. The third kappa shape index (κ3) is 12.9. The number of carbonyl (C=O) groups excluding carboxylic acids is 3. The van der Waals surface area contributed by atoms with Gasteiger partial charge in [-0.2, -0.15) is 0 Å². The van der Waals surface area contributed by atoms with E-state index in [9.17, 15) is 57.9 Å². The summed E-state index contributed by atoms with van der Waals surface area (Å²) in [5, 5.41) is 26.1. The van der Waals surface area contributed by atoms with Crippen LogP contribution in [0, 0.1) is 5.41 Å². The van der Waals surface area contributed by atoms with E-state index in [4.69, 9.17) is 10.5 Å². The fraction of sp³-hybridized carbons (Fsp3) is 0.667. The smallest absolute Gasteiger partial charge is 0.274 e. The molecular weight excluding hydrogens is 783 g/mol. The second-order valence-corrected chi connectivity index (χ2v) is 16.8. The van der Waals surface area contributed by atoms with E-state index in [1.165, 1.54) is 13.8 Å². The van der Waals surface area contributed by atoms with E-state index in [1.54, 1.807) is 6.92 Å². The number of aliphatic hydroxyl groups is 2. The number of phosphoric ester groups is 3. The molecule has 2 aromatic heterocycles. The summed E-state index contributed by atoms with van der Waals surface area (Å²) in [5.41, 5.74) is 4.11. The van der Waals surface area contributed by atoms with Crippen LogP contribution < -0.4 is 31.0 Å². The zero-order valence-corrected chi connectivity index (χ0v) is 31.2. The molecule has 294 valence electrons. The summed E-state index contributed by atoms with van der Waals surface area (Å²) in [6.45, 7) is 1.89. The van der Waals surface area contributed by atoms with E-state index < -0.39 is 84.6 Å². The highest BCUT2D eigenvalue weighted by Crippen LogP contribution is 2.56. The molecular formula is C24H37N7O17P3S-3. The quantitative estimate of drug-likeness (QED) is 0.0579. The van der Waals surface area contributed by atoms with Gasteiger partial charge in [-0.3, -0.25) is 32.6 Å². The molecule has 1 aliphatic heterocycles. The molecule has 0 aromatic carbocycles. The number of hydrogen-bond donors (Lipinski definition) is 6. The van der Waals surface area contributed by atoms with Gasteiger partial charge in [0.2, 0.25) is 11.8 Å². The number of ether oxygens (including phenoxy) is 1. The topological polar surface area (TPSA) is 372 Å². The first-order valence-electron chi connectivity index (χ1n) is 15.0. The molecule has 8 atom stereocenters. The van der Waals surface area contributed by atoms with Gasteiger partial charge >= 0.3 is 0 Å². The van der Waals surface area contributed by atoms with Crippen LogP contribution in [0.4, 0.5) is 5.82 Å². The van der Waals surface area contributed by atoms with Gasteiger partial charge in [0.25, 0.3) is 23.5 Å². The van der Waals surface area contributed by atoms with Gasteiger partial charge in [-0.05, 0) is 0 Å². The highest BCUT2D eigenvalue weighted by Gasteiger charge is 2.48. The molecule has 1 saturated heterocycles. The number of carbonyl (C=O) groups is 3. The first-order valence-corrected chi connectivity index (χ1v) is 20.5. The minimum absolute atomic E-state index is 0.00495. The van der Waals surface area contributed by atoms with Crippen LogP contribution in [0.3, 0.4) is 0 Å². The third-order valence-corrected chi connectivity index (χ3v) is 11.1. The number of amides is 2. The molecule has 28 heteroatoms. The van der Waals surface area contributed by atoms with Crippen molar-refractivity contribution in [2.75, 3.05) is 37.8 Å². The molecule has 0 spiro atoms. The number of nitrogens with zero attached hydrogens (tertiary/aromatic N) is 4. The number of anilines is 1. The van der Waals surface area contributed by atoms with Crippen LogP contribution in [0.1, 0.15) is 39.8 Å². The molecule has 0 saturated carbocycles. The van der Waals surface area contributed by atoms with Crippen molar-refractivity contribution in [3.63, 3.8) is 0 Å². The number of nitrogen functional groups attached to an aromatic ring is 1. The summed E-state index contributed by atoms with van der Waals surface area (Å²) in [5.74, 6) is -1.16. The summed E-state index contributed by atoms with van der Waals surface area (Å²) in [4.78, 5) is 92.9. The average molecular weight is 821 g/mol. The molecule has 3 heterocycles. The van der Waals surface area contributed by atoms with Crippen LogP contribution in [0.5, 0.6) is 0 Å². The van der Waals surface area contributed by atoms with Crippen LogP contribution >= 0.6 is 35.2 Å². The van der Waals surface area contributed by atoms with Gasteiger partial charge in [0.1, 0.15) is 36.3 Å². The van der Waals surface area contributed by atoms with Crippen molar-refractivity contribution in [3.8, 4) is 0 Å². The zero-order valence-electron chi connectivity index (χ0n) is 27.7. The fourth-order valence-corrected chi connectivity index (χ4v) is 7.76. The van der Waals surface area contributed by atoms with Crippen LogP contribution in [-0.4, -0.2) is 108 Å². The van der Waals surface area contributed by atoms with E-state index >= 15 is 0 Å². The lowest BCUT2D eigenvalue weighted by Crippen LogP contribution is -2.46. The molecule has 1 fully saturated rings. The molecule has 3 unspecified atom stereocenters. The van der Waals surface area contributed by atoms with E-state index in [0.717, 1.165) is 29.0 Å². The van der Waals surface area contributed by atoms with E-state index in [0.29, 0.717) is 12.2 Å². The highest BCUT2D eigenvalue weighted by molar-refractivity contribution is 8.13. The molecule has 24 nitrogen and oxygen atoms in total. The van der Waals surface area contributed by atoms with E-state index in [2.05, 4.69) is 43.5 Å². The predicted molar refractivity (Wildman–Crippen MR) is 171 cm³/mol. The van der Waals surface area contributed by atoms with Crippen molar-refractivity contribution >= 4 is 69.1 Å². The Labute approximate surface area is 299 Å². The SMILES string of the molecule is CCC(=O)SCCNC(=O)CCNC(=O)[C@H](O)C(C)(C)COP(=O)([O-])OP(=O)([O-])OC[C@H]1O[C@@H](n2cnc3c(N)ncnc32)[C@H](O)[C@@H]1OP(=O)([O-])O. The standard InChI is InChI=1S/C24H40N7O17P3S/c1-4-15(33)52-8-7-26-14(32)5-6-27-22(36)19(35)24(2,3)10-45-51(42,43)48-50(40,41)44-9-13-18(47-49(37,38)39)17(34)23(46-13)31-12-30-16-20(25)28-11-29-21(16)31/h11-13,17-19,23,34-35H,4-10H2,1-3H3,(H,26,32)(H,27,36)(H,40,41)(H,42,43)(H2,25,28,29)(H2,37,38,39)/p-3/t13-,17-,18-,19+,23-/m1/s1. The maximum atomic E-state index is 12.5. The molecule has 52 heavy (non-hydrogen) atoms. The zero-order chi connectivity index (χ0) is 39.1. The lowest BCUT2D eigenvalue weighted by atomic mass is 9.87. The number of phosphoric acid groups is 3. The number of hydrogen-bond acceptors (Lipinski definition) is 21. The molecule has 2 amide bonds. The Bertz CT molecular complexity index is 1730. The number of fused-ring (bicyclic) bond motifs is 1. The maximum Gasteiger partial charge on any atom is 0.274 e. The molecule has 7 N–H and O–H groups in total. The van der Waals surface area contributed by atoms with Gasteiger partial charge in [-0.15, -0.1) is 0 Å². The molecule has 0 radical (unpaired) electrons. The number of aliphatic hydroxyl groups excluding tert-OH is 2. The van der Waals surface area contributed by atoms with Gasteiger partial charge in [-0.25, -0.2) is 19.3 Å². The lowest BCUT2D eigenvalue weighted by Gasteiger charge is -2.35. The van der Waals surface area contributed by atoms with Crippen molar-refractivity contribution in [2.24, 2.45) is 5.41 Å². The Balaban J connectivity index is 1.54. The number of imidazole rings is 1. The minimum Gasteiger partial charge on any atom is -0.756 e. The molecule has 3 rings (SSSR count). The van der Waals surface area contributed by atoms with Crippen molar-refractivity contribution in [2.45, 2.75) is 64.3 Å². The Morgan fingerprint density at radius 2 is 1.79 bits per heavy atom. The van der Waals surface area contributed by atoms with Gasteiger partial charge in [0.15, 0.2) is 22.8 Å². The number of thioether (sulfide) groups is 1. The maximum absolute atomic E-state index is 12.5. The number of nitrogens with one attached hydrogen (secondary N) is 2. The molecule has 0 bridgehead atoms. The minimum atomic E-state index is -5.89. The van der Waals surface area contributed by atoms with Gasteiger partial charge in [0, 0.05) is 37.1 Å². The fourth-order valence-electron chi connectivity index (χ4n) is 4.38. The van der Waals surface area contributed by atoms with E-state index in [1.807, 2.05) is 0 Å². The van der Waals surface area contributed by atoms with E-state index in [-0.39, 0.29) is 41.6 Å². The average Bonchev–Trinajstić information content (AvgIpc) is 3.60. The van der Waals surface area contributed by atoms with Gasteiger partial charge in [0.05, 0.1) is 19.5 Å². The summed E-state index contributed by atoms with van der Waals surface area (Å²) < 4.78 is 60.6. The highest BCUT2D eigenvalue weighted by atomic mass is 32.2. The summed E-state index contributed by atoms with van der Waals surface area (Å²) >= 11 is 1.06. The van der Waals surface area contributed by atoms with Crippen LogP contribution in [0.25, 0.3) is 11.2 Å². The van der Waals surface area contributed by atoms with Crippen molar-refractivity contribution in [3.05, 3.63) is 12.7 Å². The Hall–Kier alpha value is -2.44. The van der Waals surface area contributed by atoms with Crippen molar-refractivity contribution in [1.29, 1.82) is 0 Å². The third-order valence-electron chi connectivity index (χ3n) is 7.03. The van der Waals surface area contributed by atoms with Crippen molar-refractivity contribution < 1.29 is 80.5 Å². The predicted octanol–water partition coefficient (Wildman–Crippen LogP) is -2.82.